The lowest BCUT2D eigenvalue weighted by molar-refractivity contribution is -0.104. The summed E-state index contributed by atoms with van der Waals surface area (Å²) >= 11 is 5.99. The lowest BCUT2D eigenvalue weighted by Crippen LogP contribution is -1.90. The molecular formula is C16H13ClO2. The molecule has 3 heteroatoms. The molecule has 2 rings (SSSR count). The minimum absolute atomic E-state index is 0.00317. The van der Waals surface area contributed by atoms with Gasteiger partial charge in [0, 0.05) is 5.56 Å². The molecule has 0 saturated carbocycles. The van der Waals surface area contributed by atoms with Crippen LogP contribution in [0.2, 0.25) is 5.02 Å². The quantitative estimate of drug-likeness (QED) is 0.678. The number of phenols is 1. The minimum Gasteiger partial charge on any atom is -0.506 e. The van der Waals surface area contributed by atoms with Crippen LogP contribution in [0.1, 0.15) is 16.7 Å². The normalized spacial score (nSPS) is 10.8. The van der Waals surface area contributed by atoms with E-state index in [2.05, 4.69) is 0 Å². The van der Waals surface area contributed by atoms with E-state index in [0.717, 1.165) is 17.5 Å². The maximum absolute atomic E-state index is 10.3. The molecule has 0 aromatic heterocycles. The fraction of sp³-hybridized carbons (Fsp3) is 0.0625. The average Bonchev–Trinajstić information content (AvgIpc) is 2.42. The Morgan fingerprint density at radius 3 is 2.53 bits per heavy atom. The maximum Gasteiger partial charge on any atom is 0.142 e. The van der Waals surface area contributed by atoms with Crippen molar-refractivity contribution in [2.24, 2.45) is 0 Å². The molecule has 0 atom stereocenters. The Labute approximate surface area is 117 Å². The van der Waals surface area contributed by atoms with Crippen LogP contribution in [0.4, 0.5) is 0 Å². The molecule has 19 heavy (non-hydrogen) atoms. The van der Waals surface area contributed by atoms with Crippen molar-refractivity contribution < 1.29 is 9.90 Å². The van der Waals surface area contributed by atoms with Crippen molar-refractivity contribution in [3.05, 3.63) is 70.3 Å². The Balaban J connectivity index is 2.34. The van der Waals surface area contributed by atoms with E-state index in [9.17, 15) is 9.90 Å². The second-order valence-corrected chi connectivity index (χ2v) is 4.58. The Hall–Kier alpha value is -2.06. The standard InChI is InChI=1S/C16H13ClO2/c17-15-11-13(9-12-5-2-1-3-6-12)10-14(16(15)19)7-4-8-18/h1-8,10-11,19H,9H2/b7-4+. The van der Waals surface area contributed by atoms with Gasteiger partial charge in [-0.1, -0.05) is 41.9 Å². The number of phenolic OH excluding ortho intramolecular Hbond substituents is 1. The number of carbonyl (C=O) groups excluding carboxylic acids is 1. The van der Waals surface area contributed by atoms with E-state index in [1.807, 2.05) is 36.4 Å². The summed E-state index contributed by atoms with van der Waals surface area (Å²) in [6.45, 7) is 0. The van der Waals surface area contributed by atoms with Crippen molar-refractivity contribution in [1.82, 2.24) is 0 Å². The van der Waals surface area contributed by atoms with Crippen LogP contribution in [0.15, 0.2) is 48.5 Å². The molecular weight excluding hydrogens is 260 g/mol. The summed E-state index contributed by atoms with van der Waals surface area (Å²) in [7, 11) is 0. The largest absolute Gasteiger partial charge is 0.506 e. The molecule has 0 spiro atoms. The van der Waals surface area contributed by atoms with E-state index in [-0.39, 0.29) is 5.75 Å². The number of hydrogen-bond acceptors (Lipinski definition) is 2. The highest BCUT2D eigenvalue weighted by molar-refractivity contribution is 6.32. The average molecular weight is 273 g/mol. The summed E-state index contributed by atoms with van der Waals surface area (Å²) in [5.41, 5.74) is 2.69. The Morgan fingerprint density at radius 2 is 1.84 bits per heavy atom. The first kappa shape index (κ1) is 13.4. The van der Waals surface area contributed by atoms with Crippen LogP contribution < -0.4 is 0 Å². The van der Waals surface area contributed by atoms with Gasteiger partial charge in [-0.25, -0.2) is 0 Å². The Bertz CT molecular complexity index is 604. The van der Waals surface area contributed by atoms with Gasteiger partial charge in [0.05, 0.1) is 5.02 Å². The fourth-order valence-electron chi connectivity index (χ4n) is 1.88. The third-order valence-corrected chi connectivity index (χ3v) is 3.05. The topological polar surface area (TPSA) is 37.3 Å². The zero-order valence-electron chi connectivity index (χ0n) is 10.2. The monoisotopic (exact) mass is 272 g/mol. The number of benzene rings is 2. The molecule has 0 unspecified atom stereocenters. The van der Waals surface area contributed by atoms with E-state index in [1.165, 1.54) is 6.08 Å². The lowest BCUT2D eigenvalue weighted by atomic mass is 10.0. The Morgan fingerprint density at radius 1 is 1.11 bits per heavy atom. The molecule has 0 aliphatic carbocycles. The predicted octanol–water partition coefficient (Wildman–Crippen LogP) is 3.85. The number of allylic oxidation sites excluding steroid dienone is 1. The molecule has 0 amide bonds. The number of halogens is 1. The summed E-state index contributed by atoms with van der Waals surface area (Å²) in [6, 6.07) is 13.5. The molecule has 1 N–H and O–H groups in total. The van der Waals surface area contributed by atoms with Crippen LogP contribution in [-0.2, 0) is 11.2 Å². The zero-order valence-corrected chi connectivity index (χ0v) is 11.0. The highest BCUT2D eigenvalue weighted by Gasteiger charge is 2.07. The van der Waals surface area contributed by atoms with Crippen molar-refractivity contribution >= 4 is 24.0 Å². The molecule has 2 aromatic carbocycles. The second-order valence-electron chi connectivity index (χ2n) is 4.17. The van der Waals surface area contributed by atoms with Crippen LogP contribution in [0.25, 0.3) is 6.08 Å². The van der Waals surface area contributed by atoms with E-state index in [1.54, 1.807) is 12.1 Å². The first-order valence-corrected chi connectivity index (χ1v) is 6.25. The van der Waals surface area contributed by atoms with Crippen molar-refractivity contribution in [2.45, 2.75) is 6.42 Å². The molecule has 0 aliphatic heterocycles. The number of rotatable bonds is 4. The van der Waals surface area contributed by atoms with Gasteiger partial charge in [-0.15, -0.1) is 0 Å². The predicted molar refractivity (Wildman–Crippen MR) is 77.5 cm³/mol. The summed E-state index contributed by atoms with van der Waals surface area (Å²) in [5.74, 6) is -0.00317. The van der Waals surface area contributed by atoms with Crippen LogP contribution in [-0.4, -0.2) is 11.4 Å². The van der Waals surface area contributed by atoms with Gasteiger partial charge in [0.2, 0.25) is 0 Å². The highest BCUT2D eigenvalue weighted by Crippen LogP contribution is 2.30. The summed E-state index contributed by atoms with van der Waals surface area (Å²) in [5, 5.41) is 10.1. The van der Waals surface area contributed by atoms with Gasteiger partial charge in [0.15, 0.2) is 0 Å². The molecule has 0 aliphatic rings. The van der Waals surface area contributed by atoms with Crippen molar-refractivity contribution in [3.63, 3.8) is 0 Å². The third kappa shape index (κ3) is 3.46. The minimum atomic E-state index is -0.00317. The second kappa shape index (κ2) is 6.21. The van der Waals surface area contributed by atoms with Gasteiger partial charge < -0.3 is 5.11 Å². The molecule has 0 bridgehead atoms. The first-order chi connectivity index (χ1) is 9.20. The summed E-state index contributed by atoms with van der Waals surface area (Å²) in [6.07, 6.45) is 4.26. The van der Waals surface area contributed by atoms with Crippen molar-refractivity contribution in [3.8, 4) is 5.75 Å². The number of carbonyl (C=O) groups is 1. The van der Waals surface area contributed by atoms with Gasteiger partial charge >= 0.3 is 0 Å². The maximum atomic E-state index is 10.3. The van der Waals surface area contributed by atoms with Crippen LogP contribution >= 0.6 is 11.6 Å². The zero-order chi connectivity index (χ0) is 13.7. The Kier molecular flexibility index (Phi) is 4.37. The number of hydrogen-bond donors (Lipinski definition) is 1. The number of aldehydes is 1. The molecule has 2 aromatic rings. The van der Waals surface area contributed by atoms with Gasteiger partial charge in [0.25, 0.3) is 0 Å². The lowest BCUT2D eigenvalue weighted by Gasteiger charge is -2.07. The third-order valence-electron chi connectivity index (χ3n) is 2.76. The van der Waals surface area contributed by atoms with Crippen LogP contribution in [0.5, 0.6) is 5.75 Å². The smallest absolute Gasteiger partial charge is 0.142 e. The van der Waals surface area contributed by atoms with Crippen molar-refractivity contribution in [2.75, 3.05) is 0 Å². The van der Waals surface area contributed by atoms with Gasteiger partial charge in [-0.05, 0) is 41.8 Å². The molecule has 0 radical (unpaired) electrons. The molecule has 96 valence electrons. The SMILES string of the molecule is O=C/C=C/c1cc(Cc2ccccc2)cc(Cl)c1O. The summed E-state index contributed by atoms with van der Waals surface area (Å²) < 4.78 is 0. The first-order valence-electron chi connectivity index (χ1n) is 5.88. The van der Waals surface area contributed by atoms with Gasteiger partial charge in [-0.3, -0.25) is 4.79 Å². The molecule has 2 nitrogen and oxygen atoms in total. The van der Waals surface area contributed by atoms with Crippen LogP contribution in [0.3, 0.4) is 0 Å². The van der Waals surface area contributed by atoms with Gasteiger partial charge in [-0.2, -0.15) is 0 Å². The molecule has 0 heterocycles. The van der Waals surface area contributed by atoms with Crippen molar-refractivity contribution in [1.29, 1.82) is 0 Å². The fourth-order valence-corrected chi connectivity index (χ4v) is 2.13. The van der Waals surface area contributed by atoms with Gasteiger partial charge in [0.1, 0.15) is 12.0 Å². The summed E-state index contributed by atoms with van der Waals surface area (Å²) in [4.78, 5) is 10.3. The molecule has 0 fully saturated rings. The van der Waals surface area contributed by atoms with Crippen LogP contribution in [0, 0.1) is 0 Å². The van der Waals surface area contributed by atoms with E-state index < -0.39 is 0 Å². The molecule has 0 saturated heterocycles. The van der Waals surface area contributed by atoms with E-state index in [4.69, 9.17) is 11.6 Å². The van der Waals surface area contributed by atoms with E-state index >= 15 is 0 Å². The van der Waals surface area contributed by atoms with E-state index in [0.29, 0.717) is 16.9 Å². The highest BCUT2D eigenvalue weighted by atomic mass is 35.5. The number of aromatic hydroxyl groups is 1.